The van der Waals surface area contributed by atoms with Gasteiger partial charge < -0.3 is 19.7 Å². The summed E-state index contributed by atoms with van der Waals surface area (Å²) in [6, 6.07) is 13.0. The van der Waals surface area contributed by atoms with Crippen LogP contribution < -0.4 is 19.1 Å². The highest BCUT2D eigenvalue weighted by Crippen LogP contribution is 2.33. The van der Waals surface area contributed by atoms with Crippen molar-refractivity contribution in [1.82, 2.24) is 10.2 Å². The Hall–Kier alpha value is -3.27. The summed E-state index contributed by atoms with van der Waals surface area (Å²) < 4.78 is 37.0. The number of nitrogens with zero attached hydrogens (tertiary/aromatic N) is 2. The lowest BCUT2D eigenvalue weighted by Gasteiger charge is -2.32. The Bertz CT molecular complexity index is 1110. The van der Waals surface area contributed by atoms with Crippen LogP contribution in [0.5, 0.6) is 11.5 Å². The number of anilines is 1. The highest BCUT2D eigenvalue weighted by Gasteiger charge is 2.31. The lowest BCUT2D eigenvalue weighted by Crippen LogP contribution is -2.52. The molecule has 0 aliphatic carbocycles. The van der Waals surface area contributed by atoms with Gasteiger partial charge in [0.15, 0.2) is 0 Å². The molecule has 0 spiro atoms. The van der Waals surface area contributed by atoms with Gasteiger partial charge in [0.05, 0.1) is 26.2 Å². The highest BCUT2D eigenvalue weighted by molar-refractivity contribution is 7.92. The van der Waals surface area contributed by atoms with Crippen LogP contribution in [0.4, 0.5) is 5.69 Å². The maximum Gasteiger partial charge on any atom is 0.244 e. The Labute approximate surface area is 208 Å². The van der Waals surface area contributed by atoms with Gasteiger partial charge in [-0.25, -0.2) is 8.42 Å². The van der Waals surface area contributed by atoms with E-state index in [1.807, 2.05) is 44.2 Å². The average Bonchev–Trinajstić information content (AvgIpc) is 2.84. The quantitative estimate of drug-likeness (QED) is 0.476. The minimum Gasteiger partial charge on any atom is -0.497 e. The van der Waals surface area contributed by atoms with Crippen LogP contribution in [0.3, 0.4) is 0 Å². The molecule has 1 N–H and O–H groups in total. The molecule has 0 saturated carbocycles. The summed E-state index contributed by atoms with van der Waals surface area (Å²) in [5.41, 5.74) is 1.01. The first kappa shape index (κ1) is 28.0. The fraction of sp³-hybridized carbons (Fsp3) is 0.440. The third-order valence-corrected chi connectivity index (χ3v) is 6.83. The smallest absolute Gasteiger partial charge is 0.244 e. The molecule has 0 heterocycles. The topological polar surface area (TPSA) is 105 Å². The molecule has 0 fully saturated rings. The third kappa shape index (κ3) is 7.61. The molecule has 2 aromatic rings. The van der Waals surface area contributed by atoms with Crippen molar-refractivity contribution in [2.24, 2.45) is 0 Å². The van der Waals surface area contributed by atoms with Crippen molar-refractivity contribution in [1.29, 1.82) is 0 Å². The second-order valence-corrected chi connectivity index (χ2v) is 10.2. The summed E-state index contributed by atoms with van der Waals surface area (Å²) in [6.07, 6.45) is 1.76. The number of sulfonamides is 1. The van der Waals surface area contributed by atoms with Crippen molar-refractivity contribution in [2.45, 2.75) is 45.8 Å². The first-order valence-corrected chi connectivity index (χ1v) is 13.2. The van der Waals surface area contributed by atoms with Crippen molar-refractivity contribution >= 4 is 27.5 Å². The molecule has 0 aliphatic rings. The molecular formula is C25H35N3O6S. The lowest BCUT2D eigenvalue weighted by molar-refractivity contribution is -0.139. The molecule has 0 radical (unpaired) electrons. The van der Waals surface area contributed by atoms with E-state index in [2.05, 4.69) is 5.32 Å². The second kappa shape index (κ2) is 12.4. The molecule has 2 aromatic carbocycles. The first-order chi connectivity index (χ1) is 16.5. The van der Waals surface area contributed by atoms with Crippen LogP contribution >= 0.6 is 0 Å². The molecule has 192 valence electrons. The predicted molar refractivity (Wildman–Crippen MR) is 136 cm³/mol. The van der Waals surface area contributed by atoms with Gasteiger partial charge in [0.1, 0.15) is 24.1 Å². The molecule has 2 rings (SSSR count). The van der Waals surface area contributed by atoms with Gasteiger partial charge >= 0.3 is 0 Å². The maximum atomic E-state index is 13.6. The van der Waals surface area contributed by atoms with E-state index in [0.29, 0.717) is 5.75 Å². The number of rotatable bonds is 12. The molecular weight excluding hydrogens is 470 g/mol. The monoisotopic (exact) mass is 505 g/mol. The van der Waals surface area contributed by atoms with E-state index in [-0.39, 0.29) is 29.9 Å². The van der Waals surface area contributed by atoms with Crippen LogP contribution in [0.2, 0.25) is 0 Å². The average molecular weight is 506 g/mol. The van der Waals surface area contributed by atoms with Crippen LogP contribution in [0.25, 0.3) is 0 Å². The van der Waals surface area contributed by atoms with Crippen molar-refractivity contribution in [2.75, 3.05) is 31.3 Å². The van der Waals surface area contributed by atoms with Gasteiger partial charge in [0.25, 0.3) is 0 Å². The van der Waals surface area contributed by atoms with Crippen molar-refractivity contribution in [3.8, 4) is 11.5 Å². The van der Waals surface area contributed by atoms with Gasteiger partial charge in [0, 0.05) is 18.7 Å². The molecule has 0 aliphatic heterocycles. The Morgan fingerprint density at radius 1 is 1.03 bits per heavy atom. The van der Waals surface area contributed by atoms with E-state index in [1.165, 1.54) is 25.2 Å². The van der Waals surface area contributed by atoms with Gasteiger partial charge in [0.2, 0.25) is 21.8 Å². The molecule has 2 amide bonds. The number of carbonyl (C=O) groups is 2. The summed E-state index contributed by atoms with van der Waals surface area (Å²) >= 11 is 0. The van der Waals surface area contributed by atoms with Crippen LogP contribution in [-0.2, 0) is 26.2 Å². The molecule has 9 nitrogen and oxygen atoms in total. The van der Waals surface area contributed by atoms with Crippen molar-refractivity contribution < 1.29 is 27.5 Å². The number of amides is 2. The van der Waals surface area contributed by atoms with Gasteiger partial charge in [-0.3, -0.25) is 13.9 Å². The molecule has 0 saturated heterocycles. The van der Waals surface area contributed by atoms with Crippen molar-refractivity contribution in [3.63, 3.8) is 0 Å². The Morgan fingerprint density at radius 2 is 1.69 bits per heavy atom. The highest BCUT2D eigenvalue weighted by atomic mass is 32.2. The Kier molecular flexibility index (Phi) is 9.94. The molecule has 35 heavy (non-hydrogen) atoms. The van der Waals surface area contributed by atoms with Gasteiger partial charge in [-0.1, -0.05) is 37.3 Å². The van der Waals surface area contributed by atoms with E-state index in [1.54, 1.807) is 19.1 Å². The van der Waals surface area contributed by atoms with E-state index >= 15 is 0 Å². The van der Waals surface area contributed by atoms with Gasteiger partial charge in [-0.05, 0) is 38.0 Å². The zero-order chi connectivity index (χ0) is 26.2. The Morgan fingerprint density at radius 3 is 2.23 bits per heavy atom. The Balaban J connectivity index is 2.43. The van der Waals surface area contributed by atoms with Crippen LogP contribution in [0.15, 0.2) is 48.5 Å². The largest absolute Gasteiger partial charge is 0.497 e. The minimum atomic E-state index is -3.88. The fourth-order valence-electron chi connectivity index (χ4n) is 3.41. The standard InChI is InChI=1S/C25H35N3O6S/c1-7-18(2)26-25(30)19(3)27(16-20-11-9-8-10-12-20)24(29)17-28(35(6,31)32)22-14-13-21(33-4)15-23(22)34-5/h8-15,18-19H,7,16-17H2,1-6H3,(H,26,30)/t18-,19+/m0/s1. The second-order valence-electron chi connectivity index (χ2n) is 8.31. The van der Waals surface area contributed by atoms with Gasteiger partial charge in [-0.15, -0.1) is 0 Å². The predicted octanol–water partition coefficient (Wildman–Crippen LogP) is 2.80. The van der Waals surface area contributed by atoms with Crippen LogP contribution in [0, 0.1) is 0 Å². The zero-order valence-corrected chi connectivity index (χ0v) is 22.0. The van der Waals surface area contributed by atoms with E-state index in [0.717, 1.165) is 22.5 Å². The molecule has 0 aromatic heterocycles. The van der Waals surface area contributed by atoms with E-state index < -0.39 is 28.5 Å². The summed E-state index contributed by atoms with van der Waals surface area (Å²) in [7, 11) is -0.984. The SMILES string of the molecule is CC[C@H](C)NC(=O)[C@@H](C)N(Cc1ccccc1)C(=O)CN(c1ccc(OC)cc1OC)S(C)(=O)=O. The lowest BCUT2D eigenvalue weighted by atomic mass is 10.1. The van der Waals surface area contributed by atoms with E-state index in [4.69, 9.17) is 9.47 Å². The van der Waals surface area contributed by atoms with E-state index in [9.17, 15) is 18.0 Å². The molecule has 10 heteroatoms. The molecule has 0 unspecified atom stereocenters. The van der Waals surface area contributed by atoms with Crippen LogP contribution in [-0.4, -0.2) is 64.2 Å². The zero-order valence-electron chi connectivity index (χ0n) is 21.1. The number of methoxy groups -OCH3 is 2. The summed E-state index contributed by atoms with van der Waals surface area (Å²) in [4.78, 5) is 27.9. The third-order valence-electron chi connectivity index (χ3n) is 5.70. The maximum absolute atomic E-state index is 13.6. The minimum absolute atomic E-state index is 0.0605. The number of ether oxygens (including phenoxy) is 2. The van der Waals surface area contributed by atoms with Crippen LogP contribution in [0.1, 0.15) is 32.8 Å². The number of hydrogen-bond donors (Lipinski definition) is 1. The molecule has 2 atom stereocenters. The number of carbonyl (C=O) groups excluding carboxylic acids is 2. The van der Waals surface area contributed by atoms with Gasteiger partial charge in [-0.2, -0.15) is 0 Å². The number of hydrogen-bond acceptors (Lipinski definition) is 6. The fourth-order valence-corrected chi connectivity index (χ4v) is 4.27. The number of benzene rings is 2. The number of nitrogens with one attached hydrogen (secondary N) is 1. The molecule has 0 bridgehead atoms. The summed E-state index contributed by atoms with van der Waals surface area (Å²) in [5, 5.41) is 2.90. The first-order valence-electron chi connectivity index (χ1n) is 11.3. The van der Waals surface area contributed by atoms with Crippen molar-refractivity contribution in [3.05, 3.63) is 54.1 Å². The summed E-state index contributed by atoms with van der Waals surface area (Å²) in [5.74, 6) is -0.119. The normalized spacial score (nSPS) is 12.9. The summed E-state index contributed by atoms with van der Waals surface area (Å²) in [6.45, 7) is 5.11.